The molecule has 0 unspecified atom stereocenters. The maximum atomic E-state index is 13.8. The number of nitrogens with zero attached hydrogens (tertiary/aromatic N) is 2. The lowest BCUT2D eigenvalue weighted by molar-refractivity contribution is 0.102. The quantitative estimate of drug-likeness (QED) is 0.385. The van der Waals surface area contributed by atoms with Gasteiger partial charge in [0.05, 0.1) is 16.1 Å². The number of likely N-dealkylation sites (N-methyl/N-ethyl adjacent to an activating group) is 1. The van der Waals surface area contributed by atoms with E-state index in [1.807, 2.05) is 19.0 Å². The molecule has 2 N–H and O–H groups in total. The lowest BCUT2D eigenvalue weighted by Crippen LogP contribution is -2.23. The number of carbonyl (C=O) groups is 1. The molecule has 1 heterocycles. The number of hydrogen-bond acceptors (Lipinski definition) is 6. The molecule has 0 saturated heterocycles. The molecule has 182 valence electrons. The second-order valence-corrected chi connectivity index (χ2v) is 9.75. The molecular weight excluding hydrogens is 475 g/mol. The van der Waals surface area contributed by atoms with Crippen LogP contribution < -0.4 is 15.8 Å². The van der Waals surface area contributed by atoms with E-state index < -0.39 is 27.5 Å². The highest BCUT2D eigenvalue weighted by Gasteiger charge is 2.17. The number of sulfonamides is 1. The number of anilines is 2. The van der Waals surface area contributed by atoms with Gasteiger partial charge in [0.1, 0.15) is 5.82 Å². The van der Waals surface area contributed by atoms with Crippen LogP contribution >= 0.6 is 0 Å². The minimum atomic E-state index is -4.04. The monoisotopic (exact) mass is 498 g/mol. The Balaban J connectivity index is 1.51. The Kier molecular flexibility index (Phi) is 6.72. The number of halogens is 1. The number of oxazole rings is 1. The third-order valence-electron chi connectivity index (χ3n) is 5.24. The van der Waals surface area contributed by atoms with Crippen LogP contribution in [0.1, 0.15) is 10.4 Å². The van der Waals surface area contributed by atoms with Crippen LogP contribution in [0.2, 0.25) is 0 Å². The Labute approximate surface area is 200 Å². The van der Waals surface area contributed by atoms with E-state index in [-0.39, 0.29) is 16.1 Å². The smallest absolute Gasteiger partial charge is 0.408 e. The van der Waals surface area contributed by atoms with Gasteiger partial charge in [-0.2, -0.15) is 0 Å². The van der Waals surface area contributed by atoms with E-state index in [4.69, 9.17) is 4.42 Å². The Hall–Kier alpha value is -3.96. The molecule has 4 rings (SSSR count). The van der Waals surface area contributed by atoms with Crippen LogP contribution in [0, 0.1) is 5.82 Å². The summed E-state index contributed by atoms with van der Waals surface area (Å²) in [6, 6.07) is 15.5. The summed E-state index contributed by atoms with van der Waals surface area (Å²) in [7, 11) is -0.255. The summed E-state index contributed by atoms with van der Waals surface area (Å²) >= 11 is 0. The van der Waals surface area contributed by atoms with Crippen LogP contribution in [0.4, 0.5) is 15.8 Å². The summed E-state index contributed by atoms with van der Waals surface area (Å²) in [6.07, 6.45) is 0. The SMILES string of the molecule is CN(C)CCn1c(=O)oc2ccc(NC(=O)c3ccc(S(=O)(=O)Nc4ccccc4F)cc3)cc21. The molecule has 0 fully saturated rings. The third-order valence-corrected chi connectivity index (χ3v) is 6.62. The van der Waals surface area contributed by atoms with Gasteiger partial charge in [-0.15, -0.1) is 0 Å². The Bertz CT molecular complexity index is 1540. The number of benzene rings is 3. The van der Waals surface area contributed by atoms with Crippen molar-refractivity contribution < 1.29 is 22.0 Å². The van der Waals surface area contributed by atoms with Crippen molar-refractivity contribution in [3.05, 3.63) is 88.7 Å². The van der Waals surface area contributed by atoms with Crippen molar-refractivity contribution in [3.63, 3.8) is 0 Å². The van der Waals surface area contributed by atoms with Gasteiger partial charge in [0.25, 0.3) is 15.9 Å². The second kappa shape index (κ2) is 9.72. The van der Waals surface area contributed by atoms with Crippen LogP contribution in [-0.2, 0) is 16.6 Å². The number of fused-ring (bicyclic) bond motifs is 1. The van der Waals surface area contributed by atoms with Crippen molar-refractivity contribution in [3.8, 4) is 0 Å². The predicted molar refractivity (Wildman–Crippen MR) is 131 cm³/mol. The minimum absolute atomic E-state index is 0.123. The van der Waals surface area contributed by atoms with Gasteiger partial charge in [-0.3, -0.25) is 14.1 Å². The van der Waals surface area contributed by atoms with Crippen LogP contribution in [0.25, 0.3) is 11.1 Å². The molecule has 0 radical (unpaired) electrons. The number of para-hydroxylation sites is 1. The number of amides is 1. The molecule has 35 heavy (non-hydrogen) atoms. The first-order valence-electron chi connectivity index (χ1n) is 10.6. The first-order chi connectivity index (χ1) is 16.6. The van der Waals surface area contributed by atoms with Crippen molar-refractivity contribution in [2.45, 2.75) is 11.4 Å². The standard InChI is InChI=1S/C24H23FN4O5S/c1-28(2)13-14-29-21-15-17(9-12-22(21)34-24(29)31)26-23(30)16-7-10-18(11-8-16)35(32,33)27-20-6-4-3-5-19(20)25/h3-12,15,27H,13-14H2,1-2H3,(H,26,30). The Morgan fingerprint density at radius 2 is 1.77 bits per heavy atom. The maximum Gasteiger partial charge on any atom is 0.419 e. The van der Waals surface area contributed by atoms with E-state index >= 15 is 0 Å². The van der Waals surface area contributed by atoms with Gasteiger partial charge in [0.15, 0.2) is 5.58 Å². The van der Waals surface area contributed by atoms with Gasteiger partial charge in [0, 0.05) is 24.3 Å². The molecule has 9 nitrogen and oxygen atoms in total. The molecule has 0 atom stereocenters. The lowest BCUT2D eigenvalue weighted by atomic mass is 10.2. The highest BCUT2D eigenvalue weighted by Crippen LogP contribution is 2.21. The molecule has 0 saturated carbocycles. The van der Waals surface area contributed by atoms with Gasteiger partial charge in [-0.25, -0.2) is 17.6 Å². The van der Waals surface area contributed by atoms with E-state index in [9.17, 15) is 22.4 Å². The number of carbonyl (C=O) groups excluding carboxylic acids is 1. The summed E-state index contributed by atoms with van der Waals surface area (Å²) in [5.74, 6) is -1.65. The third kappa shape index (κ3) is 5.42. The number of rotatable bonds is 8. The average molecular weight is 499 g/mol. The number of hydrogen-bond donors (Lipinski definition) is 2. The van der Waals surface area contributed by atoms with Crippen molar-refractivity contribution >= 4 is 38.4 Å². The van der Waals surface area contributed by atoms with Gasteiger partial charge in [-0.1, -0.05) is 12.1 Å². The zero-order valence-corrected chi connectivity index (χ0v) is 19.8. The molecular formula is C24H23FN4O5S. The molecule has 11 heteroatoms. The number of aromatic nitrogens is 1. The van der Waals surface area contributed by atoms with Crippen LogP contribution in [0.15, 0.2) is 80.8 Å². The molecule has 0 aliphatic carbocycles. The van der Waals surface area contributed by atoms with Gasteiger partial charge >= 0.3 is 5.76 Å². The summed E-state index contributed by atoms with van der Waals surface area (Å²) in [6.45, 7) is 1.05. The van der Waals surface area contributed by atoms with E-state index in [1.165, 1.54) is 47.0 Å². The normalized spacial score (nSPS) is 11.7. The minimum Gasteiger partial charge on any atom is -0.408 e. The summed E-state index contributed by atoms with van der Waals surface area (Å²) in [5, 5.41) is 2.74. The molecule has 4 aromatic rings. The van der Waals surface area contributed by atoms with E-state index in [0.717, 1.165) is 6.07 Å². The fraction of sp³-hybridized carbons (Fsp3) is 0.167. The van der Waals surface area contributed by atoms with E-state index in [1.54, 1.807) is 18.2 Å². The molecule has 3 aromatic carbocycles. The van der Waals surface area contributed by atoms with E-state index in [0.29, 0.717) is 29.9 Å². The number of nitrogens with one attached hydrogen (secondary N) is 2. The molecule has 0 aliphatic heterocycles. The van der Waals surface area contributed by atoms with Crippen LogP contribution in [0.5, 0.6) is 0 Å². The first-order valence-corrected chi connectivity index (χ1v) is 12.1. The fourth-order valence-electron chi connectivity index (χ4n) is 3.39. The Morgan fingerprint density at radius 3 is 2.46 bits per heavy atom. The van der Waals surface area contributed by atoms with Crippen LogP contribution in [0.3, 0.4) is 0 Å². The highest BCUT2D eigenvalue weighted by atomic mass is 32.2. The first kappa shape index (κ1) is 24.2. The van der Waals surface area contributed by atoms with Crippen molar-refractivity contribution in [2.75, 3.05) is 30.7 Å². The largest absolute Gasteiger partial charge is 0.419 e. The van der Waals surface area contributed by atoms with E-state index in [2.05, 4.69) is 10.0 Å². The van der Waals surface area contributed by atoms with Crippen molar-refractivity contribution in [1.29, 1.82) is 0 Å². The molecule has 0 aliphatic rings. The molecule has 0 bridgehead atoms. The zero-order valence-electron chi connectivity index (χ0n) is 19.0. The maximum absolute atomic E-state index is 13.8. The van der Waals surface area contributed by atoms with Gasteiger partial charge < -0.3 is 14.6 Å². The average Bonchev–Trinajstić information content (AvgIpc) is 3.13. The molecule has 1 amide bonds. The lowest BCUT2D eigenvalue weighted by Gasteiger charge is -2.11. The van der Waals surface area contributed by atoms with Gasteiger partial charge in [0.2, 0.25) is 0 Å². The Morgan fingerprint density at radius 1 is 1.06 bits per heavy atom. The van der Waals surface area contributed by atoms with Crippen molar-refractivity contribution in [1.82, 2.24) is 9.47 Å². The highest BCUT2D eigenvalue weighted by molar-refractivity contribution is 7.92. The second-order valence-electron chi connectivity index (χ2n) is 8.07. The van der Waals surface area contributed by atoms with Crippen molar-refractivity contribution in [2.24, 2.45) is 0 Å². The topological polar surface area (TPSA) is 114 Å². The van der Waals surface area contributed by atoms with Crippen LogP contribution in [-0.4, -0.2) is 44.4 Å². The predicted octanol–water partition coefficient (Wildman–Crippen LogP) is 3.35. The zero-order chi connectivity index (χ0) is 25.2. The summed E-state index contributed by atoms with van der Waals surface area (Å²) in [4.78, 5) is 26.7. The summed E-state index contributed by atoms with van der Waals surface area (Å²) < 4.78 is 47.9. The van der Waals surface area contributed by atoms with Gasteiger partial charge in [-0.05, 0) is 68.7 Å². The fourth-order valence-corrected chi connectivity index (χ4v) is 4.46. The molecule has 0 spiro atoms. The molecule has 1 aromatic heterocycles. The summed E-state index contributed by atoms with van der Waals surface area (Å²) in [5.41, 5.74) is 1.44.